The number of ether oxygens (including phenoxy) is 1. The molecule has 2 unspecified atom stereocenters. The first-order valence-electron chi connectivity index (χ1n) is 5.63. The van der Waals surface area contributed by atoms with Crippen LogP contribution in [0.4, 0.5) is 0 Å². The van der Waals surface area contributed by atoms with Gasteiger partial charge in [0.1, 0.15) is 11.9 Å². The van der Waals surface area contributed by atoms with Crippen molar-refractivity contribution in [2.24, 2.45) is 0 Å². The highest BCUT2D eigenvalue weighted by atomic mass is 16.6. The van der Waals surface area contributed by atoms with Gasteiger partial charge in [-0.2, -0.15) is 0 Å². The van der Waals surface area contributed by atoms with Crippen LogP contribution in [0.1, 0.15) is 11.7 Å². The number of hydrogen-bond donors (Lipinski definition) is 2. The Morgan fingerprint density at radius 2 is 2.44 bits per heavy atom. The lowest BCUT2D eigenvalue weighted by atomic mass is 9.78. The van der Waals surface area contributed by atoms with Crippen molar-refractivity contribution in [2.75, 3.05) is 13.1 Å². The lowest BCUT2D eigenvalue weighted by Crippen LogP contribution is -2.30. The zero-order chi connectivity index (χ0) is 12.7. The Balaban J connectivity index is 1.91. The van der Waals surface area contributed by atoms with Gasteiger partial charge in [-0.15, -0.1) is 0 Å². The minimum Gasteiger partial charge on any atom is -0.474 e. The Kier molecular flexibility index (Phi) is 2.69. The fourth-order valence-corrected chi connectivity index (χ4v) is 2.07. The zero-order valence-corrected chi connectivity index (χ0v) is 9.41. The van der Waals surface area contributed by atoms with E-state index in [1.807, 2.05) is 0 Å². The summed E-state index contributed by atoms with van der Waals surface area (Å²) in [5.74, 6) is 0.515. The van der Waals surface area contributed by atoms with Crippen molar-refractivity contribution >= 4 is 12.6 Å². The maximum Gasteiger partial charge on any atom is 0.496 e. The van der Waals surface area contributed by atoms with Crippen LogP contribution in [0.25, 0.3) is 0 Å². The van der Waals surface area contributed by atoms with E-state index in [1.165, 1.54) is 0 Å². The molecular weight excluding hydrogens is 239 g/mol. The molecule has 1 saturated heterocycles. The van der Waals surface area contributed by atoms with Crippen LogP contribution in [-0.4, -0.2) is 36.4 Å². The largest absolute Gasteiger partial charge is 0.496 e. The predicted molar refractivity (Wildman–Crippen MR) is 62.2 cm³/mol. The van der Waals surface area contributed by atoms with Crippen LogP contribution in [0.2, 0.25) is 0 Å². The molecule has 1 aromatic rings. The third-order valence-electron chi connectivity index (χ3n) is 2.94. The quantitative estimate of drug-likeness (QED) is 0.308. The molecule has 1 fully saturated rings. The second kappa shape index (κ2) is 4.23. The van der Waals surface area contributed by atoms with Crippen molar-refractivity contribution in [1.82, 2.24) is 5.32 Å². The molecule has 0 bridgehead atoms. The molecule has 2 aliphatic rings. The van der Waals surface area contributed by atoms with Crippen molar-refractivity contribution in [3.05, 3.63) is 33.9 Å². The SMILES string of the molecule is O=[N+]([O-])CC1OB(O)c2c(OC3CN3)cccc21. The second-order valence-electron chi connectivity index (χ2n) is 4.27. The maximum atomic E-state index is 10.5. The lowest BCUT2D eigenvalue weighted by molar-refractivity contribution is -0.490. The third-order valence-corrected chi connectivity index (χ3v) is 2.94. The van der Waals surface area contributed by atoms with Crippen LogP contribution in [0.3, 0.4) is 0 Å². The third kappa shape index (κ3) is 2.05. The molecule has 18 heavy (non-hydrogen) atoms. The summed E-state index contributed by atoms with van der Waals surface area (Å²) in [6.45, 7) is 0.397. The second-order valence-corrected chi connectivity index (χ2v) is 4.27. The fourth-order valence-electron chi connectivity index (χ4n) is 2.07. The van der Waals surface area contributed by atoms with Crippen LogP contribution < -0.4 is 15.5 Å². The highest BCUT2D eigenvalue weighted by molar-refractivity contribution is 6.62. The number of benzene rings is 1. The van der Waals surface area contributed by atoms with E-state index in [2.05, 4.69) is 5.32 Å². The Bertz CT molecular complexity index is 493. The Morgan fingerprint density at radius 3 is 3.11 bits per heavy atom. The standard InChI is InChI=1S/C10H11BN2O5/c14-11-10-6(8(18-11)5-13(15)16)2-1-3-7(10)17-9-4-12-9/h1-3,8-9,12,14H,4-5H2. The zero-order valence-electron chi connectivity index (χ0n) is 9.41. The van der Waals surface area contributed by atoms with Gasteiger partial charge in [0, 0.05) is 16.9 Å². The van der Waals surface area contributed by atoms with Crippen molar-refractivity contribution < 1.29 is 19.3 Å². The summed E-state index contributed by atoms with van der Waals surface area (Å²) < 4.78 is 10.8. The predicted octanol–water partition coefficient (Wildman–Crippen LogP) is -0.970. The molecule has 2 heterocycles. The number of fused-ring (bicyclic) bond motifs is 1. The van der Waals surface area contributed by atoms with Crippen LogP contribution in [0.15, 0.2) is 18.2 Å². The molecule has 8 heteroatoms. The van der Waals surface area contributed by atoms with Crippen LogP contribution >= 0.6 is 0 Å². The topological polar surface area (TPSA) is 104 Å². The molecule has 2 aliphatic heterocycles. The van der Waals surface area contributed by atoms with E-state index in [-0.39, 0.29) is 12.8 Å². The lowest BCUT2D eigenvalue weighted by Gasteiger charge is -2.09. The van der Waals surface area contributed by atoms with E-state index in [0.717, 1.165) is 6.54 Å². The minimum absolute atomic E-state index is 0.0433. The number of rotatable bonds is 4. The smallest absolute Gasteiger partial charge is 0.474 e. The van der Waals surface area contributed by atoms with Crippen LogP contribution in [0, 0.1) is 10.1 Å². The molecule has 0 radical (unpaired) electrons. The Hall–Kier alpha value is -1.64. The Labute approximate surface area is 103 Å². The van der Waals surface area contributed by atoms with Gasteiger partial charge < -0.3 is 14.4 Å². The summed E-state index contributed by atoms with van der Waals surface area (Å²) in [5, 5.41) is 23.4. The molecule has 0 amide bonds. The van der Waals surface area contributed by atoms with E-state index < -0.39 is 18.1 Å². The van der Waals surface area contributed by atoms with Gasteiger partial charge in [-0.05, 0) is 11.6 Å². The molecule has 94 valence electrons. The summed E-state index contributed by atoms with van der Waals surface area (Å²) in [7, 11) is -1.17. The molecule has 0 aromatic heterocycles. The highest BCUT2D eigenvalue weighted by Gasteiger charge is 2.41. The van der Waals surface area contributed by atoms with Crippen molar-refractivity contribution in [1.29, 1.82) is 0 Å². The van der Waals surface area contributed by atoms with Gasteiger partial charge >= 0.3 is 7.12 Å². The Morgan fingerprint density at radius 1 is 1.67 bits per heavy atom. The molecular formula is C10H11BN2O5. The van der Waals surface area contributed by atoms with Crippen molar-refractivity contribution in [3.8, 4) is 5.75 Å². The van der Waals surface area contributed by atoms with Crippen molar-refractivity contribution in [2.45, 2.75) is 12.3 Å². The number of nitrogens with one attached hydrogen (secondary N) is 1. The van der Waals surface area contributed by atoms with E-state index in [0.29, 0.717) is 16.8 Å². The summed E-state index contributed by atoms with van der Waals surface area (Å²) in [4.78, 5) is 10.1. The van der Waals surface area contributed by atoms with Gasteiger partial charge in [0.2, 0.25) is 6.54 Å². The summed E-state index contributed by atoms with van der Waals surface area (Å²) in [6.07, 6.45) is -0.765. The first kappa shape index (κ1) is 11.5. The maximum absolute atomic E-state index is 10.5. The summed E-state index contributed by atoms with van der Waals surface area (Å²) >= 11 is 0. The van der Waals surface area contributed by atoms with Gasteiger partial charge in [0.15, 0.2) is 6.23 Å². The summed E-state index contributed by atoms with van der Waals surface area (Å²) in [6, 6.07) is 5.18. The fraction of sp³-hybridized carbons (Fsp3) is 0.400. The molecule has 1 aromatic carbocycles. The van der Waals surface area contributed by atoms with Crippen LogP contribution in [0.5, 0.6) is 5.75 Å². The van der Waals surface area contributed by atoms with Gasteiger partial charge in [-0.1, -0.05) is 12.1 Å². The average Bonchev–Trinajstić information content (AvgIpc) is 3.05. The van der Waals surface area contributed by atoms with E-state index in [9.17, 15) is 15.1 Å². The molecule has 3 rings (SSSR count). The highest BCUT2D eigenvalue weighted by Crippen LogP contribution is 2.28. The summed E-state index contributed by atoms with van der Waals surface area (Å²) in [5.41, 5.74) is 1.12. The molecule has 0 aliphatic carbocycles. The number of nitrogens with zero attached hydrogens (tertiary/aromatic N) is 1. The van der Waals surface area contributed by atoms with Gasteiger partial charge in [-0.3, -0.25) is 15.4 Å². The van der Waals surface area contributed by atoms with Crippen molar-refractivity contribution in [3.63, 3.8) is 0 Å². The molecule has 0 spiro atoms. The molecule has 2 atom stereocenters. The number of hydrogen-bond acceptors (Lipinski definition) is 6. The normalized spacial score (nSPS) is 24.8. The van der Waals surface area contributed by atoms with E-state index in [4.69, 9.17) is 9.39 Å². The van der Waals surface area contributed by atoms with Gasteiger partial charge in [0.25, 0.3) is 0 Å². The average molecular weight is 250 g/mol. The van der Waals surface area contributed by atoms with Gasteiger partial charge in [-0.25, -0.2) is 0 Å². The van der Waals surface area contributed by atoms with Crippen LogP contribution in [-0.2, 0) is 4.65 Å². The molecule has 2 N–H and O–H groups in total. The number of nitro groups is 1. The van der Waals surface area contributed by atoms with Gasteiger partial charge in [0.05, 0.1) is 0 Å². The first-order valence-corrected chi connectivity index (χ1v) is 5.63. The molecule has 7 nitrogen and oxygen atoms in total. The monoisotopic (exact) mass is 250 g/mol. The van der Waals surface area contributed by atoms with E-state index >= 15 is 0 Å². The minimum atomic E-state index is -1.17. The van der Waals surface area contributed by atoms with E-state index in [1.54, 1.807) is 18.2 Å². The first-order chi connectivity index (χ1) is 8.65. The molecule has 0 saturated carbocycles.